The summed E-state index contributed by atoms with van der Waals surface area (Å²) >= 11 is 6.44. The van der Waals surface area contributed by atoms with E-state index in [0.29, 0.717) is 33.3 Å². The minimum atomic E-state index is -1.21. The van der Waals surface area contributed by atoms with Crippen LogP contribution in [0.2, 0.25) is 5.02 Å². The van der Waals surface area contributed by atoms with Crippen molar-refractivity contribution in [1.82, 2.24) is 9.88 Å². The molecule has 0 radical (unpaired) electrons. The molecule has 2 atom stereocenters. The third kappa shape index (κ3) is 3.98. The Balaban J connectivity index is 1.48. The summed E-state index contributed by atoms with van der Waals surface area (Å²) in [4.78, 5) is 36.2. The van der Waals surface area contributed by atoms with Crippen molar-refractivity contribution in [2.45, 2.75) is 12.0 Å². The molecule has 6 rings (SSSR count). The molecule has 8 nitrogen and oxygen atoms in total. The molecule has 1 saturated heterocycles. The van der Waals surface area contributed by atoms with Crippen molar-refractivity contribution in [3.05, 3.63) is 94.8 Å². The number of methoxy groups -OCH3 is 2. The zero-order valence-corrected chi connectivity index (χ0v) is 22.9. The predicted molar refractivity (Wildman–Crippen MR) is 152 cm³/mol. The predicted octanol–water partition coefficient (Wildman–Crippen LogP) is 4.45. The average molecular weight is 558 g/mol. The van der Waals surface area contributed by atoms with Crippen LogP contribution in [0.1, 0.15) is 21.5 Å². The van der Waals surface area contributed by atoms with Crippen LogP contribution >= 0.6 is 11.6 Å². The normalized spacial score (nSPS) is 20.4. The molecule has 204 valence electrons. The molecule has 2 aliphatic heterocycles. The summed E-state index contributed by atoms with van der Waals surface area (Å²) in [6.07, 6.45) is 3.44. The number of fused-ring (bicyclic) bond motifs is 3. The van der Waals surface area contributed by atoms with Crippen LogP contribution in [-0.2, 0) is 16.8 Å². The fourth-order valence-electron chi connectivity index (χ4n) is 6.16. The van der Waals surface area contributed by atoms with E-state index >= 15 is 0 Å². The lowest BCUT2D eigenvalue weighted by Gasteiger charge is -2.43. The van der Waals surface area contributed by atoms with Crippen molar-refractivity contribution in [2.75, 3.05) is 38.8 Å². The number of hydrogen-bond donors (Lipinski definition) is 1. The molecular weight excluding hydrogens is 530 g/mol. The van der Waals surface area contributed by atoms with E-state index in [-0.39, 0.29) is 38.1 Å². The van der Waals surface area contributed by atoms with Crippen LogP contribution in [0.5, 0.6) is 11.5 Å². The number of carbonyl (C=O) groups excluding carboxylic acids is 2. The SMILES string of the molecule is COc1ccc(CN2CC3(C(=O)N(c4cncc5ccccc45)C[C@@H]3CO)c3cc(Cl)ccc3C2=O)c(OC)c1. The third-order valence-electron chi connectivity index (χ3n) is 8.16. The number of rotatable bonds is 6. The Labute approximate surface area is 236 Å². The van der Waals surface area contributed by atoms with Crippen LogP contribution in [0.3, 0.4) is 0 Å². The van der Waals surface area contributed by atoms with Gasteiger partial charge in [0, 0.05) is 71.3 Å². The molecule has 0 saturated carbocycles. The number of benzene rings is 3. The Hall–Kier alpha value is -4.14. The third-order valence-corrected chi connectivity index (χ3v) is 8.40. The summed E-state index contributed by atoms with van der Waals surface area (Å²) in [5, 5.41) is 12.9. The fourth-order valence-corrected chi connectivity index (χ4v) is 6.33. The lowest BCUT2D eigenvalue weighted by molar-refractivity contribution is -0.124. The van der Waals surface area contributed by atoms with Gasteiger partial charge in [-0.1, -0.05) is 35.9 Å². The molecule has 3 aromatic carbocycles. The summed E-state index contributed by atoms with van der Waals surface area (Å²) < 4.78 is 10.9. The minimum absolute atomic E-state index is 0.0765. The maximum atomic E-state index is 14.6. The van der Waals surface area contributed by atoms with Crippen LogP contribution in [0.15, 0.2) is 73.1 Å². The Kier molecular flexibility index (Phi) is 6.60. The highest BCUT2D eigenvalue weighted by atomic mass is 35.5. The first kappa shape index (κ1) is 26.1. The van der Waals surface area contributed by atoms with E-state index in [2.05, 4.69) is 4.98 Å². The zero-order chi connectivity index (χ0) is 28.0. The van der Waals surface area contributed by atoms with E-state index in [4.69, 9.17) is 21.1 Å². The maximum Gasteiger partial charge on any atom is 0.254 e. The molecule has 1 N–H and O–H groups in total. The van der Waals surface area contributed by atoms with Gasteiger partial charge in [-0.2, -0.15) is 0 Å². The molecule has 40 heavy (non-hydrogen) atoms. The number of nitrogens with zero attached hydrogens (tertiary/aromatic N) is 3. The Morgan fingerprint density at radius 1 is 1.05 bits per heavy atom. The van der Waals surface area contributed by atoms with Gasteiger partial charge in [0.2, 0.25) is 5.91 Å². The lowest BCUT2D eigenvalue weighted by Crippen LogP contribution is -2.56. The summed E-state index contributed by atoms with van der Waals surface area (Å²) in [5.74, 6) is 0.289. The Bertz CT molecular complexity index is 1640. The molecule has 1 unspecified atom stereocenters. The number of halogens is 1. The van der Waals surface area contributed by atoms with Crippen LogP contribution in [-0.4, -0.2) is 60.7 Å². The molecular formula is C31H28ClN3O5. The molecule has 3 heterocycles. The van der Waals surface area contributed by atoms with Gasteiger partial charge in [0.1, 0.15) is 11.5 Å². The number of amides is 2. The average Bonchev–Trinajstić information content (AvgIpc) is 3.26. The molecule has 2 aliphatic rings. The van der Waals surface area contributed by atoms with Gasteiger partial charge in [-0.3, -0.25) is 14.6 Å². The van der Waals surface area contributed by atoms with E-state index in [0.717, 1.165) is 16.3 Å². The van der Waals surface area contributed by atoms with Crippen molar-refractivity contribution < 1.29 is 24.2 Å². The second kappa shape index (κ2) is 10.1. The van der Waals surface area contributed by atoms with Gasteiger partial charge >= 0.3 is 0 Å². The summed E-state index contributed by atoms with van der Waals surface area (Å²) in [6, 6.07) is 18.2. The van der Waals surface area contributed by atoms with E-state index in [1.54, 1.807) is 60.7 Å². The fraction of sp³-hybridized carbons (Fsp3) is 0.258. The van der Waals surface area contributed by atoms with Crippen LogP contribution in [0.25, 0.3) is 10.8 Å². The first-order valence-electron chi connectivity index (χ1n) is 13.0. The number of hydrogen-bond acceptors (Lipinski definition) is 6. The molecule has 4 aromatic rings. The maximum absolute atomic E-state index is 14.6. The largest absolute Gasteiger partial charge is 0.497 e. The minimum Gasteiger partial charge on any atom is -0.497 e. The number of carbonyl (C=O) groups is 2. The first-order chi connectivity index (χ1) is 19.4. The summed E-state index contributed by atoms with van der Waals surface area (Å²) in [5.41, 5.74) is 1.17. The monoisotopic (exact) mass is 557 g/mol. The molecule has 0 aliphatic carbocycles. The van der Waals surface area contributed by atoms with Crippen LogP contribution < -0.4 is 14.4 Å². The van der Waals surface area contributed by atoms with E-state index < -0.39 is 11.3 Å². The van der Waals surface area contributed by atoms with Crippen molar-refractivity contribution in [1.29, 1.82) is 0 Å². The number of aliphatic hydroxyl groups is 1. The number of anilines is 1. The smallest absolute Gasteiger partial charge is 0.254 e. The number of aliphatic hydroxyl groups excluding tert-OH is 1. The number of ether oxygens (including phenoxy) is 2. The zero-order valence-electron chi connectivity index (χ0n) is 22.1. The molecule has 2 amide bonds. The Morgan fingerprint density at radius 3 is 2.65 bits per heavy atom. The highest BCUT2D eigenvalue weighted by Gasteiger charge is 2.59. The van der Waals surface area contributed by atoms with Gasteiger partial charge in [0.05, 0.1) is 31.5 Å². The van der Waals surface area contributed by atoms with Crippen molar-refractivity contribution in [2.24, 2.45) is 5.92 Å². The molecule has 1 aromatic heterocycles. The van der Waals surface area contributed by atoms with Gasteiger partial charge in [0.25, 0.3) is 5.91 Å². The highest BCUT2D eigenvalue weighted by molar-refractivity contribution is 6.31. The second-order valence-corrected chi connectivity index (χ2v) is 10.6. The van der Waals surface area contributed by atoms with E-state index in [9.17, 15) is 14.7 Å². The van der Waals surface area contributed by atoms with Crippen LogP contribution in [0, 0.1) is 5.92 Å². The standard InChI is InChI=1S/C31H28ClN3O5/c1-39-23-9-7-20(28(12-23)40-2)15-34-18-31(26-11-22(32)8-10-25(26)29(34)37)21(17-36)16-35(30(31)38)27-14-33-13-19-5-3-4-6-24(19)27/h3-14,21,36H,15-18H2,1-2H3/t21-,31?/m1/s1. The molecule has 1 fully saturated rings. The van der Waals surface area contributed by atoms with Crippen LogP contribution in [0.4, 0.5) is 5.69 Å². The number of aromatic nitrogens is 1. The van der Waals surface area contributed by atoms with Crippen molar-refractivity contribution in [3.8, 4) is 11.5 Å². The second-order valence-electron chi connectivity index (χ2n) is 10.2. The molecule has 9 heteroatoms. The first-order valence-corrected chi connectivity index (χ1v) is 13.3. The summed E-state index contributed by atoms with van der Waals surface area (Å²) in [7, 11) is 3.14. The topological polar surface area (TPSA) is 92.2 Å². The van der Waals surface area contributed by atoms with Gasteiger partial charge in [-0.05, 0) is 35.9 Å². The van der Waals surface area contributed by atoms with Gasteiger partial charge in [0.15, 0.2) is 0 Å². The quantitative estimate of drug-likeness (QED) is 0.376. The molecule has 0 bridgehead atoms. The van der Waals surface area contributed by atoms with Gasteiger partial charge < -0.3 is 24.4 Å². The summed E-state index contributed by atoms with van der Waals surface area (Å²) in [6.45, 7) is 0.301. The lowest BCUT2D eigenvalue weighted by atomic mass is 9.68. The van der Waals surface area contributed by atoms with Crippen molar-refractivity contribution in [3.63, 3.8) is 0 Å². The van der Waals surface area contributed by atoms with E-state index in [1.807, 2.05) is 36.4 Å². The van der Waals surface area contributed by atoms with E-state index in [1.165, 1.54) is 0 Å². The highest BCUT2D eigenvalue weighted by Crippen LogP contribution is 2.48. The molecule has 1 spiro atoms. The van der Waals surface area contributed by atoms with Gasteiger partial charge in [-0.25, -0.2) is 0 Å². The van der Waals surface area contributed by atoms with Gasteiger partial charge in [-0.15, -0.1) is 0 Å². The Morgan fingerprint density at radius 2 is 1.88 bits per heavy atom. The number of pyridine rings is 1. The van der Waals surface area contributed by atoms with Crippen molar-refractivity contribution >= 4 is 39.9 Å².